The highest BCUT2D eigenvalue weighted by atomic mass is 32.2. The summed E-state index contributed by atoms with van der Waals surface area (Å²) in [5.41, 5.74) is 7.37. The molecule has 0 aromatic heterocycles. The molecular weight excluding hydrogens is 269 g/mol. The molecule has 0 heterocycles. The molecule has 20 heavy (non-hydrogen) atoms. The first-order valence-electron chi connectivity index (χ1n) is 6.90. The zero-order valence-corrected chi connectivity index (χ0v) is 12.1. The van der Waals surface area contributed by atoms with Crippen molar-refractivity contribution in [2.45, 2.75) is 28.4 Å². The van der Waals surface area contributed by atoms with Gasteiger partial charge in [-0.15, -0.1) is 11.8 Å². The number of hydrogen-bond donors (Lipinski definition) is 1. The van der Waals surface area contributed by atoms with Crippen LogP contribution < -0.4 is 5.73 Å². The molecule has 0 saturated heterocycles. The number of halogens is 1. The molecule has 3 heteroatoms. The minimum atomic E-state index is -0.180. The van der Waals surface area contributed by atoms with Crippen molar-refractivity contribution < 1.29 is 4.39 Å². The average Bonchev–Trinajstić information content (AvgIpc) is 2.43. The van der Waals surface area contributed by atoms with Gasteiger partial charge in [-0.05, 0) is 42.5 Å². The predicted molar refractivity (Wildman–Crippen MR) is 82.5 cm³/mol. The quantitative estimate of drug-likeness (QED) is 0.912. The van der Waals surface area contributed by atoms with Crippen LogP contribution in [0.3, 0.4) is 0 Å². The van der Waals surface area contributed by atoms with Crippen molar-refractivity contribution in [1.82, 2.24) is 0 Å². The summed E-state index contributed by atoms with van der Waals surface area (Å²) in [6, 6.07) is 17.4. The standard InChI is InChI=1S/C17H18FNS/c18-15-7-4-8-16(9-15)20-17(12-19)10-14(11-17)13-5-2-1-3-6-13/h1-9,14H,10-12,19H2. The molecule has 0 bridgehead atoms. The highest BCUT2D eigenvalue weighted by Gasteiger charge is 2.44. The van der Waals surface area contributed by atoms with Crippen molar-refractivity contribution >= 4 is 11.8 Å². The third kappa shape index (κ3) is 2.74. The highest BCUT2D eigenvalue weighted by Crippen LogP contribution is 2.54. The summed E-state index contributed by atoms with van der Waals surface area (Å²) in [6.45, 7) is 0.636. The second kappa shape index (κ2) is 5.58. The second-order valence-corrected chi connectivity index (χ2v) is 7.00. The van der Waals surface area contributed by atoms with Gasteiger partial charge >= 0.3 is 0 Å². The summed E-state index contributed by atoms with van der Waals surface area (Å²) in [5, 5.41) is 0. The number of thioether (sulfide) groups is 1. The van der Waals surface area contributed by atoms with Gasteiger partial charge in [0.1, 0.15) is 5.82 Å². The second-order valence-electron chi connectivity index (χ2n) is 5.46. The SMILES string of the molecule is NCC1(Sc2cccc(F)c2)CC(c2ccccc2)C1. The van der Waals surface area contributed by atoms with Crippen LogP contribution in [0.2, 0.25) is 0 Å². The highest BCUT2D eigenvalue weighted by molar-refractivity contribution is 8.00. The zero-order valence-electron chi connectivity index (χ0n) is 11.3. The van der Waals surface area contributed by atoms with Crippen molar-refractivity contribution in [3.05, 3.63) is 66.0 Å². The molecule has 0 aliphatic heterocycles. The first kappa shape index (κ1) is 13.7. The molecule has 0 atom stereocenters. The van der Waals surface area contributed by atoms with Gasteiger partial charge in [0.15, 0.2) is 0 Å². The molecular formula is C17H18FNS. The van der Waals surface area contributed by atoms with E-state index in [4.69, 9.17) is 5.73 Å². The van der Waals surface area contributed by atoms with Gasteiger partial charge in [-0.1, -0.05) is 36.4 Å². The molecule has 1 saturated carbocycles. The first-order valence-corrected chi connectivity index (χ1v) is 7.72. The third-order valence-electron chi connectivity index (χ3n) is 4.01. The first-order chi connectivity index (χ1) is 9.71. The van der Waals surface area contributed by atoms with Gasteiger partial charge in [0, 0.05) is 16.2 Å². The van der Waals surface area contributed by atoms with Crippen LogP contribution in [0.5, 0.6) is 0 Å². The van der Waals surface area contributed by atoms with Gasteiger partial charge in [0.2, 0.25) is 0 Å². The summed E-state index contributed by atoms with van der Waals surface area (Å²) in [5.74, 6) is 0.405. The minimum Gasteiger partial charge on any atom is -0.329 e. The van der Waals surface area contributed by atoms with E-state index in [0.29, 0.717) is 12.5 Å². The van der Waals surface area contributed by atoms with Crippen LogP contribution in [-0.4, -0.2) is 11.3 Å². The maximum Gasteiger partial charge on any atom is 0.124 e. The summed E-state index contributed by atoms with van der Waals surface area (Å²) < 4.78 is 13.3. The van der Waals surface area contributed by atoms with E-state index >= 15 is 0 Å². The van der Waals surface area contributed by atoms with Crippen molar-refractivity contribution in [3.63, 3.8) is 0 Å². The van der Waals surface area contributed by atoms with Crippen LogP contribution in [0.15, 0.2) is 59.5 Å². The number of rotatable bonds is 4. The Hall–Kier alpha value is -1.32. The Morgan fingerprint density at radius 1 is 1.10 bits per heavy atom. The number of hydrogen-bond acceptors (Lipinski definition) is 2. The van der Waals surface area contributed by atoms with E-state index < -0.39 is 0 Å². The molecule has 1 nitrogen and oxygen atoms in total. The molecule has 1 aliphatic rings. The smallest absolute Gasteiger partial charge is 0.124 e. The minimum absolute atomic E-state index is 0.0638. The zero-order chi connectivity index (χ0) is 14.0. The van der Waals surface area contributed by atoms with Gasteiger partial charge < -0.3 is 5.73 Å². The average molecular weight is 287 g/mol. The van der Waals surface area contributed by atoms with Gasteiger partial charge in [-0.2, -0.15) is 0 Å². The van der Waals surface area contributed by atoms with Crippen molar-refractivity contribution in [1.29, 1.82) is 0 Å². The Balaban J connectivity index is 1.70. The largest absolute Gasteiger partial charge is 0.329 e. The fourth-order valence-electron chi connectivity index (χ4n) is 2.87. The van der Waals surface area contributed by atoms with Gasteiger partial charge in [-0.3, -0.25) is 0 Å². The Labute approximate surface area is 123 Å². The van der Waals surface area contributed by atoms with E-state index in [9.17, 15) is 4.39 Å². The van der Waals surface area contributed by atoms with Crippen molar-refractivity contribution in [3.8, 4) is 0 Å². The lowest BCUT2D eigenvalue weighted by molar-refractivity contribution is 0.313. The summed E-state index contributed by atoms with van der Waals surface area (Å²) >= 11 is 1.73. The molecule has 2 aromatic carbocycles. The maximum absolute atomic E-state index is 13.3. The molecule has 104 valence electrons. The monoisotopic (exact) mass is 287 g/mol. The van der Waals surface area contributed by atoms with Gasteiger partial charge in [0.25, 0.3) is 0 Å². The topological polar surface area (TPSA) is 26.0 Å². The fourth-order valence-corrected chi connectivity index (χ4v) is 4.34. The van der Waals surface area contributed by atoms with Gasteiger partial charge in [0.05, 0.1) is 0 Å². The van der Waals surface area contributed by atoms with E-state index in [1.54, 1.807) is 23.9 Å². The van der Waals surface area contributed by atoms with Crippen LogP contribution in [-0.2, 0) is 0 Å². The summed E-state index contributed by atoms with van der Waals surface area (Å²) in [4.78, 5) is 0.974. The summed E-state index contributed by atoms with van der Waals surface area (Å²) in [6.07, 6.45) is 2.13. The molecule has 0 spiro atoms. The predicted octanol–water partition coefficient (Wildman–Crippen LogP) is 4.19. The van der Waals surface area contributed by atoms with Crippen LogP contribution in [0.1, 0.15) is 24.3 Å². The molecule has 1 aliphatic carbocycles. The summed E-state index contributed by atoms with van der Waals surface area (Å²) in [7, 11) is 0. The number of nitrogens with two attached hydrogens (primary N) is 1. The van der Waals surface area contributed by atoms with Crippen LogP contribution >= 0.6 is 11.8 Å². The van der Waals surface area contributed by atoms with Crippen LogP contribution in [0, 0.1) is 5.82 Å². The van der Waals surface area contributed by atoms with Crippen molar-refractivity contribution in [2.75, 3.05) is 6.54 Å². The van der Waals surface area contributed by atoms with E-state index in [2.05, 4.69) is 24.3 Å². The molecule has 0 amide bonds. The van der Waals surface area contributed by atoms with E-state index in [1.807, 2.05) is 12.1 Å². The molecule has 3 rings (SSSR count). The third-order valence-corrected chi connectivity index (χ3v) is 5.43. The van der Waals surface area contributed by atoms with E-state index in [-0.39, 0.29) is 10.6 Å². The molecule has 2 N–H and O–H groups in total. The maximum atomic E-state index is 13.3. The lowest BCUT2D eigenvalue weighted by Gasteiger charge is -2.47. The molecule has 1 fully saturated rings. The van der Waals surface area contributed by atoms with Crippen molar-refractivity contribution in [2.24, 2.45) is 5.73 Å². The number of benzene rings is 2. The molecule has 0 radical (unpaired) electrons. The lowest BCUT2D eigenvalue weighted by atomic mass is 9.70. The van der Waals surface area contributed by atoms with Gasteiger partial charge in [-0.25, -0.2) is 4.39 Å². The Morgan fingerprint density at radius 3 is 2.50 bits per heavy atom. The normalized spacial score (nSPS) is 25.2. The van der Waals surface area contributed by atoms with E-state index in [0.717, 1.165) is 17.7 Å². The molecule has 0 unspecified atom stereocenters. The fraction of sp³-hybridized carbons (Fsp3) is 0.294. The van der Waals surface area contributed by atoms with Crippen LogP contribution in [0.4, 0.5) is 4.39 Å². The Bertz CT molecular complexity index is 579. The van der Waals surface area contributed by atoms with Crippen LogP contribution in [0.25, 0.3) is 0 Å². The lowest BCUT2D eigenvalue weighted by Crippen LogP contribution is -2.45. The Kier molecular flexibility index (Phi) is 3.81. The van der Waals surface area contributed by atoms with E-state index in [1.165, 1.54) is 11.6 Å². The molecule has 2 aromatic rings. The Morgan fingerprint density at radius 2 is 1.85 bits per heavy atom.